The number of ketones is 1. The van der Waals surface area contributed by atoms with E-state index in [2.05, 4.69) is 16.8 Å². The molecule has 0 N–H and O–H groups in total. The molecule has 29 heavy (non-hydrogen) atoms. The molecule has 3 rings (SSSR count). The SMILES string of the molecule is C=CCn1c(SCCOc2ccccc2C(C)=O)nnc1-c1ccc(OC)cc1. The molecule has 0 saturated carbocycles. The number of Topliss-reactive ketones (excluding diaryl/α,β-unsaturated/α-hetero) is 1. The Morgan fingerprint density at radius 1 is 1.17 bits per heavy atom. The molecular formula is C22H23N3O3S. The van der Waals surface area contributed by atoms with Crippen molar-refractivity contribution in [2.75, 3.05) is 19.5 Å². The number of allylic oxidation sites excluding steroid dienone is 1. The number of hydrogen-bond acceptors (Lipinski definition) is 6. The normalized spacial score (nSPS) is 10.6. The summed E-state index contributed by atoms with van der Waals surface area (Å²) in [4.78, 5) is 11.7. The molecule has 0 radical (unpaired) electrons. The number of rotatable bonds is 10. The summed E-state index contributed by atoms with van der Waals surface area (Å²) >= 11 is 1.55. The summed E-state index contributed by atoms with van der Waals surface area (Å²) in [6.45, 7) is 6.43. The van der Waals surface area contributed by atoms with Gasteiger partial charge >= 0.3 is 0 Å². The molecule has 0 fully saturated rings. The summed E-state index contributed by atoms with van der Waals surface area (Å²) < 4.78 is 13.0. The van der Waals surface area contributed by atoms with Crippen LogP contribution in [0.4, 0.5) is 0 Å². The highest BCUT2D eigenvalue weighted by Crippen LogP contribution is 2.26. The zero-order valence-corrected chi connectivity index (χ0v) is 17.3. The lowest BCUT2D eigenvalue weighted by molar-refractivity contribution is 0.101. The molecule has 1 aromatic heterocycles. The molecule has 0 aliphatic rings. The van der Waals surface area contributed by atoms with E-state index in [4.69, 9.17) is 9.47 Å². The number of carbonyl (C=O) groups excluding carboxylic acids is 1. The van der Waals surface area contributed by atoms with Crippen LogP contribution in [-0.2, 0) is 6.54 Å². The second-order valence-electron chi connectivity index (χ2n) is 6.18. The van der Waals surface area contributed by atoms with Gasteiger partial charge in [0.1, 0.15) is 11.5 Å². The van der Waals surface area contributed by atoms with Crippen molar-refractivity contribution < 1.29 is 14.3 Å². The van der Waals surface area contributed by atoms with Gasteiger partial charge in [0, 0.05) is 17.9 Å². The lowest BCUT2D eigenvalue weighted by Gasteiger charge is -2.10. The standard InChI is InChI=1S/C22H23N3O3S/c1-4-13-25-21(17-9-11-18(27-3)12-10-17)23-24-22(25)29-15-14-28-20-8-6-5-7-19(20)16(2)26/h4-12H,1,13-15H2,2-3H3. The molecule has 0 amide bonds. The van der Waals surface area contributed by atoms with Crippen LogP contribution in [0.2, 0.25) is 0 Å². The van der Waals surface area contributed by atoms with Crippen molar-refractivity contribution in [3.8, 4) is 22.9 Å². The summed E-state index contributed by atoms with van der Waals surface area (Å²) in [6.07, 6.45) is 1.82. The first kappa shape index (κ1) is 20.7. The van der Waals surface area contributed by atoms with Crippen LogP contribution >= 0.6 is 11.8 Å². The summed E-state index contributed by atoms with van der Waals surface area (Å²) in [6, 6.07) is 15.0. The van der Waals surface area contributed by atoms with Crippen LogP contribution in [0.25, 0.3) is 11.4 Å². The highest BCUT2D eigenvalue weighted by Gasteiger charge is 2.14. The van der Waals surface area contributed by atoms with Crippen molar-refractivity contribution in [2.24, 2.45) is 0 Å². The van der Waals surface area contributed by atoms with Gasteiger partial charge < -0.3 is 9.47 Å². The van der Waals surface area contributed by atoms with E-state index in [1.54, 1.807) is 24.9 Å². The van der Waals surface area contributed by atoms with E-state index in [1.807, 2.05) is 53.1 Å². The Kier molecular flexibility index (Phi) is 7.08. The van der Waals surface area contributed by atoms with Crippen molar-refractivity contribution in [1.29, 1.82) is 0 Å². The highest BCUT2D eigenvalue weighted by molar-refractivity contribution is 7.99. The smallest absolute Gasteiger partial charge is 0.191 e. The third-order valence-electron chi connectivity index (χ3n) is 4.22. The molecule has 6 nitrogen and oxygen atoms in total. The molecule has 0 unspecified atom stereocenters. The second kappa shape index (κ2) is 9.93. The zero-order chi connectivity index (χ0) is 20.6. The maximum Gasteiger partial charge on any atom is 0.191 e. The topological polar surface area (TPSA) is 66.2 Å². The third kappa shape index (κ3) is 5.06. The van der Waals surface area contributed by atoms with Crippen LogP contribution in [0, 0.1) is 0 Å². The van der Waals surface area contributed by atoms with Gasteiger partial charge in [0.25, 0.3) is 0 Å². The zero-order valence-electron chi connectivity index (χ0n) is 16.5. The van der Waals surface area contributed by atoms with Crippen molar-refractivity contribution in [3.05, 3.63) is 66.7 Å². The van der Waals surface area contributed by atoms with Crippen LogP contribution < -0.4 is 9.47 Å². The first-order chi connectivity index (χ1) is 14.1. The Hall–Kier alpha value is -3.06. The number of hydrogen-bond donors (Lipinski definition) is 0. The maximum absolute atomic E-state index is 11.7. The lowest BCUT2D eigenvalue weighted by Crippen LogP contribution is -2.06. The monoisotopic (exact) mass is 409 g/mol. The third-order valence-corrected chi connectivity index (χ3v) is 5.15. The quantitative estimate of drug-likeness (QED) is 0.212. The van der Waals surface area contributed by atoms with Crippen LogP contribution in [-0.4, -0.2) is 40.0 Å². The molecule has 0 bridgehead atoms. The fraction of sp³-hybridized carbons (Fsp3) is 0.227. The number of ether oxygens (including phenoxy) is 2. The van der Waals surface area contributed by atoms with Gasteiger partial charge in [-0.2, -0.15) is 0 Å². The molecule has 3 aromatic rings. The van der Waals surface area contributed by atoms with Crippen molar-refractivity contribution in [2.45, 2.75) is 18.6 Å². The Labute approximate surface area is 174 Å². The van der Waals surface area contributed by atoms with Gasteiger partial charge in [-0.15, -0.1) is 16.8 Å². The fourth-order valence-corrected chi connectivity index (χ4v) is 3.58. The van der Waals surface area contributed by atoms with Crippen LogP contribution in [0.5, 0.6) is 11.5 Å². The number of benzene rings is 2. The van der Waals surface area contributed by atoms with Gasteiger partial charge in [0.2, 0.25) is 0 Å². The Morgan fingerprint density at radius 3 is 2.62 bits per heavy atom. The van der Waals surface area contributed by atoms with Gasteiger partial charge in [-0.3, -0.25) is 9.36 Å². The van der Waals surface area contributed by atoms with E-state index >= 15 is 0 Å². The fourth-order valence-electron chi connectivity index (χ4n) is 2.81. The van der Waals surface area contributed by atoms with Gasteiger partial charge in [-0.25, -0.2) is 0 Å². The van der Waals surface area contributed by atoms with Gasteiger partial charge in [0.05, 0.1) is 19.3 Å². The Balaban J connectivity index is 1.67. The molecule has 7 heteroatoms. The molecule has 0 aliphatic carbocycles. The van der Waals surface area contributed by atoms with E-state index in [1.165, 1.54) is 6.92 Å². The first-order valence-electron chi connectivity index (χ1n) is 9.18. The predicted molar refractivity (Wildman–Crippen MR) is 115 cm³/mol. The predicted octanol–water partition coefficient (Wildman–Crippen LogP) is 4.51. The van der Waals surface area contributed by atoms with Crippen molar-refractivity contribution in [1.82, 2.24) is 14.8 Å². The number of aromatic nitrogens is 3. The van der Waals surface area contributed by atoms with Gasteiger partial charge in [0.15, 0.2) is 16.8 Å². The Morgan fingerprint density at radius 2 is 1.93 bits per heavy atom. The van der Waals surface area contributed by atoms with E-state index in [9.17, 15) is 4.79 Å². The minimum absolute atomic E-state index is 0.0110. The summed E-state index contributed by atoms with van der Waals surface area (Å²) in [5, 5.41) is 9.47. The number of carbonyl (C=O) groups is 1. The minimum atomic E-state index is -0.0110. The molecule has 1 heterocycles. The lowest BCUT2D eigenvalue weighted by atomic mass is 10.1. The van der Waals surface area contributed by atoms with E-state index in [0.29, 0.717) is 30.2 Å². The number of methoxy groups -OCH3 is 1. The number of nitrogens with zero attached hydrogens (tertiary/aromatic N) is 3. The van der Waals surface area contributed by atoms with Gasteiger partial charge in [-0.05, 0) is 43.3 Å². The largest absolute Gasteiger partial charge is 0.497 e. The van der Waals surface area contributed by atoms with E-state index in [0.717, 1.165) is 22.3 Å². The number of para-hydroxylation sites is 1. The Bertz CT molecular complexity index is 983. The van der Waals surface area contributed by atoms with Crippen LogP contribution in [0.3, 0.4) is 0 Å². The van der Waals surface area contributed by atoms with Crippen LogP contribution in [0.1, 0.15) is 17.3 Å². The highest BCUT2D eigenvalue weighted by atomic mass is 32.2. The molecule has 2 aromatic carbocycles. The maximum atomic E-state index is 11.7. The average Bonchev–Trinajstić information content (AvgIpc) is 3.14. The molecule has 0 saturated heterocycles. The summed E-state index contributed by atoms with van der Waals surface area (Å²) in [7, 11) is 1.64. The molecule has 0 atom stereocenters. The summed E-state index contributed by atoms with van der Waals surface area (Å²) in [5.41, 5.74) is 1.55. The first-order valence-corrected chi connectivity index (χ1v) is 10.2. The average molecular weight is 410 g/mol. The van der Waals surface area contributed by atoms with E-state index in [-0.39, 0.29) is 5.78 Å². The molecule has 0 spiro atoms. The van der Waals surface area contributed by atoms with Crippen molar-refractivity contribution >= 4 is 17.5 Å². The number of thioether (sulfide) groups is 1. The summed E-state index contributed by atoms with van der Waals surface area (Å²) in [5.74, 6) is 2.83. The van der Waals surface area contributed by atoms with Crippen molar-refractivity contribution in [3.63, 3.8) is 0 Å². The van der Waals surface area contributed by atoms with Crippen LogP contribution in [0.15, 0.2) is 66.3 Å². The van der Waals surface area contributed by atoms with Gasteiger partial charge in [-0.1, -0.05) is 30.0 Å². The molecule has 150 valence electrons. The minimum Gasteiger partial charge on any atom is -0.497 e. The molecule has 0 aliphatic heterocycles. The molecular weight excluding hydrogens is 386 g/mol. The van der Waals surface area contributed by atoms with E-state index < -0.39 is 0 Å². The second-order valence-corrected chi connectivity index (χ2v) is 7.25.